The molecule has 0 unspecified atom stereocenters. The van der Waals surface area contributed by atoms with Crippen LogP contribution < -0.4 is 0 Å². The minimum atomic E-state index is -0.503. The fraction of sp³-hybridized carbons (Fsp3) is 0.0588. The molecule has 5 heteroatoms. The highest BCUT2D eigenvalue weighted by atomic mass is 15.1. The molecule has 5 nitrogen and oxygen atoms in total. The largest absolute Gasteiger partial charge is 0.294 e. The van der Waals surface area contributed by atoms with E-state index in [2.05, 4.69) is 156 Å². The van der Waals surface area contributed by atoms with Gasteiger partial charge in [-0.05, 0) is 76.6 Å². The molecule has 0 fully saturated rings. The standard InChI is InChI=1S/C51H35N5/c1-5-17-34(18-6-1)48-53-49(35-19-7-2-8-20-35)55-50(54-48)36-29-30-47(52-33-36)56-45-28-16-14-26-40(45)42-31-41-39-25-13-15-27-43(39)51(44(41)32-46(42)56,37-21-9-3-10-22-37)38-23-11-4-12-24-38/h1,3-7,9-33H,2,8H2. The predicted molar refractivity (Wildman–Crippen MR) is 226 cm³/mol. The fourth-order valence-electron chi connectivity index (χ4n) is 8.93. The van der Waals surface area contributed by atoms with E-state index in [1.165, 1.54) is 44.2 Å². The summed E-state index contributed by atoms with van der Waals surface area (Å²) in [5, 5.41) is 2.38. The van der Waals surface area contributed by atoms with Gasteiger partial charge in [0.2, 0.25) is 0 Å². The summed E-state index contributed by atoms with van der Waals surface area (Å²) in [5.74, 6) is 2.75. The van der Waals surface area contributed by atoms with Gasteiger partial charge < -0.3 is 0 Å². The Hall–Kier alpha value is -7.24. The third-order valence-electron chi connectivity index (χ3n) is 11.4. The Morgan fingerprint density at radius 1 is 0.482 bits per heavy atom. The lowest BCUT2D eigenvalue weighted by molar-refractivity contribution is 0.769. The summed E-state index contributed by atoms with van der Waals surface area (Å²) >= 11 is 0. The van der Waals surface area contributed by atoms with Crippen LogP contribution in [0.2, 0.25) is 0 Å². The molecule has 2 aliphatic carbocycles. The van der Waals surface area contributed by atoms with E-state index in [9.17, 15) is 0 Å². The molecule has 6 aromatic carbocycles. The molecule has 3 heterocycles. The maximum Gasteiger partial charge on any atom is 0.165 e. The van der Waals surface area contributed by atoms with Crippen molar-refractivity contribution in [2.45, 2.75) is 18.3 Å². The summed E-state index contributed by atoms with van der Waals surface area (Å²) in [6.07, 6.45) is 10.4. The van der Waals surface area contributed by atoms with Gasteiger partial charge in [0.05, 0.1) is 16.4 Å². The molecule has 264 valence electrons. The number of hydrogen-bond donors (Lipinski definition) is 0. The molecule has 0 aliphatic heterocycles. The molecule has 0 bridgehead atoms. The van der Waals surface area contributed by atoms with Gasteiger partial charge in [0, 0.05) is 33.7 Å². The van der Waals surface area contributed by atoms with E-state index in [0.29, 0.717) is 17.5 Å². The Morgan fingerprint density at radius 2 is 1.14 bits per heavy atom. The van der Waals surface area contributed by atoms with Crippen molar-refractivity contribution in [1.82, 2.24) is 24.5 Å². The number of benzene rings is 6. The number of hydrogen-bond acceptors (Lipinski definition) is 4. The van der Waals surface area contributed by atoms with E-state index in [-0.39, 0.29) is 0 Å². The van der Waals surface area contributed by atoms with Gasteiger partial charge in [0.1, 0.15) is 5.82 Å². The lowest BCUT2D eigenvalue weighted by atomic mass is 9.67. The van der Waals surface area contributed by atoms with Crippen molar-refractivity contribution >= 4 is 27.4 Å². The quantitative estimate of drug-likeness (QED) is 0.172. The molecular weight excluding hydrogens is 683 g/mol. The Bertz CT molecular complexity index is 2960. The maximum absolute atomic E-state index is 5.16. The third-order valence-corrected chi connectivity index (χ3v) is 11.4. The Kier molecular flexibility index (Phi) is 7.46. The van der Waals surface area contributed by atoms with E-state index in [0.717, 1.165) is 46.4 Å². The third kappa shape index (κ3) is 4.94. The number of allylic oxidation sites excluding steroid dienone is 4. The maximum atomic E-state index is 5.16. The zero-order valence-corrected chi connectivity index (χ0v) is 30.5. The molecule has 0 saturated heterocycles. The van der Waals surface area contributed by atoms with Crippen LogP contribution in [0.1, 0.15) is 40.9 Å². The number of rotatable bonds is 6. The van der Waals surface area contributed by atoms with Crippen LogP contribution in [0.3, 0.4) is 0 Å². The molecule has 0 spiro atoms. The fourth-order valence-corrected chi connectivity index (χ4v) is 8.93. The Balaban J connectivity index is 1.12. The first-order valence-electron chi connectivity index (χ1n) is 19.2. The summed E-state index contributed by atoms with van der Waals surface area (Å²) in [6.45, 7) is 0. The highest BCUT2D eigenvalue weighted by Crippen LogP contribution is 2.57. The van der Waals surface area contributed by atoms with Crippen LogP contribution in [-0.2, 0) is 5.41 Å². The molecule has 56 heavy (non-hydrogen) atoms. The van der Waals surface area contributed by atoms with E-state index in [1.54, 1.807) is 0 Å². The van der Waals surface area contributed by atoms with Crippen LogP contribution in [0, 0.1) is 0 Å². The average Bonchev–Trinajstić information content (AvgIpc) is 3.76. The van der Waals surface area contributed by atoms with Crippen molar-refractivity contribution in [2.75, 3.05) is 0 Å². The van der Waals surface area contributed by atoms with Gasteiger partial charge >= 0.3 is 0 Å². The molecule has 0 atom stereocenters. The van der Waals surface area contributed by atoms with Gasteiger partial charge in [0.15, 0.2) is 17.5 Å². The van der Waals surface area contributed by atoms with Gasteiger partial charge in [-0.25, -0.2) is 19.9 Å². The van der Waals surface area contributed by atoms with Crippen LogP contribution in [0.4, 0.5) is 0 Å². The zero-order valence-electron chi connectivity index (χ0n) is 30.5. The SMILES string of the molecule is C1=CC(c2nc(-c3ccccc3)nc(-c3ccc(-n4c5ccccc5c5cc6c(cc54)C(c4ccccc4)(c4ccccc4)c4ccccc4-6)nc3)n2)=CCC1. The van der Waals surface area contributed by atoms with E-state index >= 15 is 0 Å². The minimum absolute atomic E-state index is 0.503. The molecule has 0 saturated carbocycles. The summed E-state index contributed by atoms with van der Waals surface area (Å²) in [6, 6.07) is 58.6. The van der Waals surface area contributed by atoms with Gasteiger partial charge in [-0.15, -0.1) is 0 Å². The number of para-hydroxylation sites is 1. The number of pyridine rings is 1. The summed E-state index contributed by atoms with van der Waals surface area (Å²) in [5.41, 5.74) is 12.1. The number of aromatic nitrogens is 5. The topological polar surface area (TPSA) is 56.5 Å². The smallest absolute Gasteiger partial charge is 0.165 e. The lowest BCUT2D eigenvalue weighted by Gasteiger charge is -2.34. The van der Waals surface area contributed by atoms with Crippen LogP contribution in [0.5, 0.6) is 0 Å². The van der Waals surface area contributed by atoms with Crippen molar-refractivity contribution in [3.63, 3.8) is 0 Å². The number of nitrogens with zero attached hydrogens (tertiary/aromatic N) is 5. The molecule has 9 aromatic rings. The first-order valence-corrected chi connectivity index (χ1v) is 19.2. The van der Waals surface area contributed by atoms with Crippen LogP contribution in [-0.4, -0.2) is 24.5 Å². The lowest BCUT2D eigenvalue weighted by Crippen LogP contribution is -2.28. The van der Waals surface area contributed by atoms with Crippen molar-refractivity contribution in [2.24, 2.45) is 0 Å². The van der Waals surface area contributed by atoms with E-state index in [4.69, 9.17) is 19.9 Å². The second kappa shape index (κ2) is 13.0. The first-order chi connectivity index (χ1) is 27.8. The van der Waals surface area contributed by atoms with Gasteiger partial charge in [-0.2, -0.15) is 0 Å². The van der Waals surface area contributed by atoms with Crippen LogP contribution >= 0.6 is 0 Å². The number of fused-ring (bicyclic) bond motifs is 6. The zero-order chi connectivity index (χ0) is 37.1. The average molecular weight is 718 g/mol. The molecule has 0 N–H and O–H groups in total. The normalized spacial score (nSPS) is 14.1. The second-order valence-corrected chi connectivity index (χ2v) is 14.5. The van der Waals surface area contributed by atoms with Crippen LogP contribution in [0.25, 0.3) is 67.1 Å². The summed E-state index contributed by atoms with van der Waals surface area (Å²) in [4.78, 5) is 20.0. The molecule has 0 radical (unpaired) electrons. The van der Waals surface area contributed by atoms with Crippen LogP contribution in [0.15, 0.2) is 188 Å². The molecular formula is C51H35N5. The van der Waals surface area contributed by atoms with Gasteiger partial charge in [-0.1, -0.05) is 152 Å². The Morgan fingerprint density at radius 3 is 1.86 bits per heavy atom. The van der Waals surface area contributed by atoms with Gasteiger partial charge in [0.25, 0.3) is 0 Å². The molecule has 11 rings (SSSR count). The van der Waals surface area contributed by atoms with Crippen molar-refractivity contribution < 1.29 is 0 Å². The monoisotopic (exact) mass is 717 g/mol. The highest BCUT2D eigenvalue weighted by molar-refractivity contribution is 6.12. The van der Waals surface area contributed by atoms with Crippen molar-refractivity contribution in [1.29, 1.82) is 0 Å². The van der Waals surface area contributed by atoms with Crippen molar-refractivity contribution in [3.05, 3.63) is 216 Å². The van der Waals surface area contributed by atoms with E-state index < -0.39 is 5.41 Å². The first kappa shape index (κ1) is 32.2. The summed E-state index contributed by atoms with van der Waals surface area (Å²) < 4.78 is 2.31. The summed E-state index contributed by atoms with van der Waals surface area (Å²) in [7, 11) is 0. The molecule has 3 aromatic heterocycles. The van der Waals surface area contributed by atoms with Gasteiger partial charge in [-0.3, -0.25) is 4.57 Å². The Labute approximate surface area is 325 Å². The molecule has 2 aliphatic rings. The molecule has 0 amide bonds. The minimum Gasteiger partial charge on any atom is -0.294 e. The highest BCUT2D eigenvalue weighted by Gasteiger charge is 2.46. The predicted octanol–water partition coefficient (Wildman–Crippen LogP) is 11.8. The second-order valence-electron chi connectivity index (χ2n) is 14.5. The van der Waals surface area contributed by atoms with Crippen molar-refractivity contribution in [3.8, 4) is 39.7 Å². The van der Waals surface area contributed by atoms with E-state index in [1.807, 2.05) is 36.5 Å².